The third-order valence-corrected chi connectivity index (χ3v) is 4.58. The lowest BCUT2D eigenvalue weighted by Crippen LogP contribution is -2.52. The van der Waals surface area contributed by atoms with Crippen molar-refractivity contribution >= 4 is 17.5 Å². The fourth-order valence-electron chi connectivity index (χ4n) is 3.09. The molecule has 0 aliphatic carbocycles. The van der Waals surface area contributed by atoms with Crippen molar-refractivity contribution in [2.75, 3.05) is 31.6 Å². The largest absolute Gasteiger partial charge is 0.497 e. The summed E-state index contributed by atoms with van der Waals surface area (Å²) < 4.78 is 7.23. The molecule has 0 unspecified atom stereocenters. The number of amides is 2. The summed E-state index contributed by atoms with van der Waals surface area (Å²) in [5.41, 5.74) is 1.93. The highest BCUT2D eigenvalue weighted by atomic mass is 16.5. The minimum atomic E-state index is -0.0632. The van der Waals surface area contributed by atoms with E-state index in [1.807, 2.05) is 54.2 Å². The van der Waals surface area contributed by atoms with Gasteiger partial charge in [-0.25, -0.2) is 0 Å². The van der Waals surface area contributed by atoms with Gasteiger partial charge in [0.05, 0.1) is 7.11 Å². The van der Waals surface area contributed by atoms with Crippen LogP contribution in [-0.4, -0.2) is 48.0 Å². The van der Waals surface area contributed by atoms with Crippen LogP contribution in [0.5, 0.6) is 5.75 Å². The Morgan fingerprint density at radius 3 is 2.72 bits per heavy atom. The topological polar surface area (TPSA) is 54.8 Å². The lowest BCUT2D eigenvalue weighted by atomic mass is 10.2. The molecule has 1 aromatic heterocycles. The molecule has 1 saturated heterocycles. The van der Waals surface area contributed by atoms with E-state index in [4.69, 9.17) is 4.74 Å². The minimum Gasteiger partial charge on any atom is -0.497 e. The molecule has 1 aliphatic heterocycles. The first-order chi connectivity index (χ1) is 12.1. The number of aromatic nitrogens is 1. The van der Waals surface area contributed by atoms with Gasteiger partial charge in [0, 0.05) is 50.2 Å². The molecule has 2 heterocycles. The normalized spacial score (nSPS) is 14.7. The molecule has 0 spiro atoms. The molecule has 25 heavy (non-hydrogen) atoms. The van der Waals surface area contributed by atoms with Crippen molar-refractivity contribution in [3.63, 3.8) is 0 Å². The zero-order valence-electron chi connectivity index (χ0n) is 14.6. The Morgan fingerprint density at radius 1 is 1.20 bits per heavy atom. The molecular formula is C19H23N3O3. The summed E-state index contributed by atoms with van der Waals surface area (Å²) in [5, 5.41) is 0. The van der Waals surface area contributed by atoms with Crippen LogP contribution in [0, 0.1) is 0 Å². The number of rotatable bonds is 5. The van der Waals surface area contributed by atoms with E-state index in [1.54, 1.807) is 16.9 Å². The fourth-order valence-corrected chi connectivity index (χ4v) is 3.09. The zero-order chi connectivity index (χ0) is 17.8. The van der Waals surface area contributed by atoms with E-state index in [-0.39, 0.29) is 18.4 Å². The Morgan fingerprint density at radius 2 is 2.04 bits per heavy atom. The standard InChI is InChI=1S/C19H23N3O3/c1-20-10-4-6-15(20)8-9-18(23)21-11-12-22(19(24)14-21)16-5-3-7-17(13-16)25-2/h3-7,10,13H,8-9,11-12,14H2,1-2H3. The van der Waals surface area contributed by atoms with Gasteiger partial charge in [-0.05, 0) is 30.7 Å². The van der Waals surface area contributed by atoms with Crippen molar-refractivity contribution in [2.45, 2.75) is 12.8 Å². The van der Waals surface area contributed by atoms with Gasteiger partial charge in [-0.15, -0.1) is 0 Å². The zero-order valence-corrected chi connectivity index (χ0v) is 14.6. The van der Waals surface area contributed by atoms with Crippen molar-refractivity contribution in [3.8, 4) is 5.75 Å². The van der Waals surface area contributed by atoms with Crippen LogP contribution in [-0.2, 0) is 23.1 Å². The molecule has 0 radical (unpaired) electrons. The molecule has 0 bridgehead atoms. The van der Waals surface area contributed by atoms with Gasteiger partial charge in [-0.1, -0.05) is 6.07 Å². The molecule has 2 aromatic rings. The third kappa shape index (κ3) is 3.84. The number of piperazine rings is 1. The van der Waals surface area contributed by atoms with E-state index in [1.165, 1.54) is 0 Å². The van der Waals surface area contributed by atoms with Gasteiger partial charge in [0.15, 0.2) is 0 Å². The van der Waals surface area contributed by atoms with E-state index in [9.17, 15) is 9.59 Å². The summed E-state index contributed by atoms with van der Waals surface area (Å²) in [6.07, 6.45) is 3.08. The molecule has 0 N–H and O–H groups in total. The smallest absolute Gasteiger partial charge is 0.246 e. The van der Waals surface area contributed by atoms with Gasteiger partial charge in [0.1, 0.15) is 12.3 Å². The molecular weight excluding hydrogens is 318 g/mol. The van der Waals surface area contributed by atoms with Gasteiger partial charge in [-0.3, -0.25) is 9.59 Å². The highest BCUT2D eigenvalue weighted by Crippen LogP contribution is 2.23. The molecule has 1 aromatic carbocycles. The van der Waals surface area contributed by atoms with Gasteiger partial charge in [0.2, 0.25) is 11.8 Å². The average molecular weight is 341 g/mol. The summed E-state index contributed by atoms with van der Waals surface area (Å²) >= 11 is 0. The van der Waals surface area contributed by atoms with Crippen LogP contribution in [0.4, 0.5) is 5.69 Å². The Balaban J connectivity index is 1.58. The molecule has 0 atom stereocenters. The number of ether oxygens (including phenoxy) is 1. The lowest BCUT2D eigenvalue weighted by Gasteiger charge is -2.34. The number of hydrogen-bond donors (Lipinski definition) is 0. The van der Waals surface area contributed by atoms with Crippen LogP contribution < -0.4 is 9.64 Å². The molecule has 6 heteroatoms. The predicted molar refractivity (Wildman–Crippen MR) is 95.7 cm³/mol. The maximum absolute atomic E-state index is 12.5. The van der Waals surface area contributed by atoms with Crippen molar-refractivity contribution < 1.29 is 14.3 Å². The van der Waals surface area contributed by atoms with Crippen LogP contribution in [0.3, 0.4) is 0 Å². The molecule has 132 valence electrons. The molecule has 2 amide bonds. The summed E-state index contributed by atoms with van der Waals surface area (Å²) in [6.45, 7) is 1.18. The van der Waals surface area contributed by atoms with Crippen LogP contribution >= 0.6 is 0 Å². The van der Waals surface area contributed by atoms with Crippen LogP contribution in [0.15, 0.2) is 42.6 Å². The maximum Gasteiger partial charge on any atom is 0.246 e. The SMILES string of the molecule is COc1cccc(N2CCN(C(=O)CCc3cccn3C)CC2=O)c1. The molecule has 0 saturated carbocycles. The van der Waals surface area contributed by atoms with Crippen molar-refractivity contribution in [1.82, 2.24) is 9.47 Å². The Hall–Kier alpha value is -2.76. The van der Waals surface area contributed by atoms with Crippen LogP contribution in [0.1, 0.15) is 12.1 Å². The van der Waals surface area contributed by atoms with Gasteiger partial charge >= 0.3 is 0 Å². The number of aryl methyl sites for hydroxylation is 2. The van der Waals surface area contributed by atoms with E-state index < -0.39 is 0 Å². The van der Waals surface area contributed by atoms with Crippen LogP contribution in [0.2, 0.25) is 0 Å². The highest BCUT2D eigenvalue weighted by Gasteiger charge is 2.28. The molecule has 6 nitrogen and oxygen atoms in total. The van der Waals surface area contributed by atoms with Gasteiger partial charge in [-0.2, -0.15) is 0 Å². The van der Waals surface area contributed by atoms with E-state index in [2.05, 4.69) is 0 Å². The second-order valence-corrected chi connectivity index (χ2v) is 6.17. The fraction of sp³-hybridized carbons (Fsp3) is 0.368. The number of methoxy groups -OCH3 is 1. The summed E-state index contributed by atoms with van der Waals surface area (Å²) in [5.74, 6) is 0.679. The Kier molecular flexibility index (Phi) is 5.07. The Labute approximate surface area is 147 Å². The Bertz CT molecular complexity index is 769. The number of benzene rings is 1. The number of carbonyl (C=O) groups excluding carboxylic acids is 2. The molecule has 3 rings (SSSR count). The average Bonchev–Trinajstić information content (AvgIpc) is 3.04. The van der Waals surface area contributed by atoms with Gasteiger partial charge in [0.25, 0.3) is 0 Å². The van der Waals surface area contributed by atoms with Crippen molar-refractivity contribution in [1.29, 1.82) is 0 Å². The number of nitrogens with zero attached hydrogens (tertiary/aromatic N) is 3. The second kappa shape index (κ2) is 7.42. The summed E-state index contributed by atoms with van der Waals surface area (Å²) in [7, 11) is 3.57. The first-order valence-corrected chi connectivity index (χ1v) is 8.41. The van der Waals surface area contributed by atoms with E-state index in [0.29, 0.717) is 31.7 Å². The maximum atomic E-state index is 12.5. The quantitative estimate of drug-likeness (QED) is 0.834. The lowest BCUT2D eigenvalue weighted by molar-refractivity contribution is -0.136. The first kappa shape index (κ1) is 17.1. The summed E-state index contributed by atoms with van der Waals surface area (Å²) in [4.78, 5) is 28.3. The highest BCUT2D eigenvalue weighted by molar-refractivity contribution is 5.98. The number of anilines is 1. The monoisotopic (exact) mass is 341 g/mol. The summed E-state index contributed by atoms with van der Waals surface area (Å²) in [6, 6.07) is 11.4. The van der Waals surface area contributed by atoms with Crippen molar-refractivity contribution in [3.05, 3.63) is 48.3 Å². The first-order valence-electron chi connectivity index (χ1n) is 8.41. The van der Waals surface area contributed by atoms with E-state index in [0.717, 1.165) is 11.4 Å². The van der Waals surface area contributed by atoms with E-state index >= 15 is 0 Å². The second-order valence-electron chi connectivity index (χ2n) is 6.17. The molecule has 1 aliphatic rings. The molecule has 1 fully saturated rings. The number of hydrogen-bond acceptors (Lipinski definition) is 3. The van der Waals surface area contributed by atoms with Gasteiger partial charge < -0.3 is 19.1 Å². The minimum absolute atomic E-state index is 0.0276. The van der Waals surface area contributed by atoms with Crippen LogP contribution in [0.25, 0.3) is 0 Å². The third-order valence-electron chi connectivity index (χ3n) is 4.58. The number of carbonyl (C=O) groups is 2. The predicted octanol–water partition coefficient (Wildman–Crippen LogP) is 1.84. The van der Waals surface area contributed by atoms with Crippen molar-refractivity contribution in [2.24, 2.45) is 7.05 Å².